The predicted molar refractivity (Wildman–Crippen MR) is 147 cm³/mol. The lowest BCUT2D eigenvalue weighted by Crippen LogP contribution is -2.68. The fourth-order valence-corrected chi connectivity index (χ4v) is 9.44. The van der Waals surface area contributed by atoms with Crippen LogP contribution in [0.15, 0.2) is 48.2 Å². The lowest BCUT2D eigenvalue weighted by atomic mass is 9.54. The number of hydrogen-bond acceptors (Lipinski definition) is 5. The first kappa shape index (κ1) is 24.6. The Balaban J connectivity index is 1.30. The van der Waals surface area contributed by atoms with Gasteiger partial charge < -0.3 is 19.8 Å². The zero-order valence-electron chi connectivity index (χ0n) is 21.5. The molecule has 3 aliphatic carbocycles. The van der Waals surface area contributed by atoms with Crippen LogP contribution in [0.5, 0.6) is 0 Å². The van der Waals surface area contributed by atoms with Crippen LogP contribution in [0.1, 0.15) is 51.0 Å². The highest BCUT2D eigenvalue weighted by molar-refractivity contribution is 6.34. The molecule has 2 saturated carbocycles. The molecule has 3 heterocycles. The Hall–Kier alpha value is -1.47. The first-order valence-corrected chi connectivity index (χ1v) is 14.2. The van der Waals surface area contributed by atoms with Crippen LogP contribution < -0.4 is 0 Å². The molecule has 1 aromatic heterocycles. The number of nitrogens with zero attached hydrogens (tertiary/aromatic N) is 2. The van der Waals surface area contributed by atoms with Crippen LogP contribution in [0.4, 0.5) is 0 Å². The number of ether oxygens (including phenoxy) is 1. The van der Waals surface area contributed by atoms with Gasteiger partial charge in [-0.05, 0) is 92.3 Å². The van der Waals surface area contributed by atoms with Gasteiger partial charge in [0.15, 0.2) is 0 Å². The molecule has 1 aromatic carbocycles. The van der Waals surface area contributed by atoms with E-state index in [-0.39, 0.29) is 17.4 Å². The number of fused-ring (bicyclic) bond motifs is 2. The van der Waals surface area contributed by atoms with Gasteiger partial charge in [0.25, 0.3) is 0 Å². The topological polar surface area (TPSA) is 65.8 Å². The summed E-state index contributed by atoms with van der Waals surface area (Å²) in [7, 11) is 3.92. The first-order chi connectivity index (χ1) is 17.5. The first-order valence-electron chi connectivity index (χ1n) is 13.4. The van der Waals surface area contributed by atoms with E-state index in [1.165, 1.54) is 11.1 Å². The maximum atomic E-state index is 11.2. The molecular weight excluding hydrogens is 507 g/mol. The number of benzene rings is 1. The summed E-state index contributed by atoms with van der Waals surface area (Å²) in [6.45, 7) is 2.39. The van der Waals surface area contributed by atoms with Gasteiger partial charge in [0.1, 0.15) is 11.3 Å². The van der Waals surface area contributed by atoms with Crippen LogP contribution in [0, 0.1) is 11.3 Å². The third kappa shape index (κ3) is 3.05. The van der Waals surface area contributed by atoms with E-state index in [9.17, 15) is 10.2 Å². The molecule has 8 atom stereocenters. The van der Waals surface area contributed by atoms with Crippen molar-refractivity contribution in [3.8, 4) is 0 Å². The zero-order valence-corrected chi connectivity index (χ0v) is 23.1. The van der Waals surface area contributed by atoms with Gasteiger partial charge in [-0.15, -0.1) is 11.6 Å². The Morgan fingerprint density at radius 3 is 2.70 bits per heavy atom. The van der Waals surface area contributed by atoms with Crippen LogP contribution >= 0.6 is 23.2 Å². The fraction of sp³-hybridized carbons (Fsp3) is 0.567. The van der Waals surface area contributed by atoms with Crippen LogP contribution in [0.2, 0.25) is 5.15 Å². The summed E-state index contributed by atoms with van der Waals surface area (Å²) < 4.78 is 7.27. The maximum Gasteiger partial charge on any atom is 0.136 e. The minimum atomic E-state index is -0.961. The highest BCUT2D eigenvalue weighted by Crippen LogP contribution is 2.71. The molecule has 5 nitrogen and oxygen atoms in total. The second-order valence-corrected chi connectivity index (χ2v) is 13.5. The highest BCUT2D eigenvalue weighted by Gasteiger charge is 2.73. The minimum Gasteiger partial charge on any atom is -0.388 e. The van der Waals surface area contributed by atoms with Crippen LogP contribution in [0.25, 0.3) is 16.3 Å². The van der Waals surface area contributed by atoms with Crippen LogP contribution in [-0.2, 0) is 4.74 Å². The summed E-state index contributed by atoms with van der Waals surface area (Å²) >= 11 is 13.9. The number of rotatable bonds is 2. The molecule has 0 radical (unpaired) electrons. The predicted octanol–water partition coefficient (Wildman–Crippen LogP) is 5.35. The number of hydrogen-bond donors (Lipinski definition) is 2. The molecule has 5 aliphatic rings. The lowest BCUT2D eigenvalue weighted by Gasteiger charge is -2.61. The van der Waals surface area contributed by atoms with E-state index in [1.54, 1.807) is 6.20 Å². The van der Waals surface area contributed by atoms with Gasteiger partial charge in [-0.25, -0.2) is 4.98 Å². The normalized spacial score (nSPS) is 44.3. The Morgan fingerprint density at radius 1 is 1.11 bits per heavy atom. The number of likely N-dealkylation sites (N-methyl/N-ethyl adjacent to an activating group) is 1. The summed E-state index contributed by atoms with van der Waals surface area (Å²) in [5.74, 6) is 0.233. The number of aliphatic hydroxyl groups is 2. The second kappa shape index (κ2) is 7.80. The average molecular weight is 542 g/mol. The van der Waals surface area contributed by atoms with Crippen molar-refractivity contribution in [2.45, 2.75) is 79.8 Å². The van der Waals surface area contributed by atoms with Crippen molar-refractivity contribution in [2.24, 2.45) is 11.3 Å². The van der Waals surface area contributed by atoms with E-state index in [1.807, 2.05) is 25.1 Å². The fourth-order valence-electron chi connectivity index (χ4n) is 8.74. The molecule has 8 unspecified atom stereocenters. The van der Waals surface area contributed by atoms with E-state index in [2.05, 4.69) is 42.3 Å². The van der Waals surface area contributed by atoms with Crippen molar-refractivity contribution in [3.05, 3.63) is 58.9 Å². The van der Waals surface area contributed by atoms with Gasteiger partial charge in [-0.1, -0.05) is 42.8 Å². The van der Waals surface area contributed by atoms with Crippen molar-refractivity contribution in [2.75, 3.05) is 14.1 Å². The molecule has 2 aliphatic heterocycles. The number of aromatic nitrogens is 1. The third-order valence-electron chi connectivity index (χ3n) is 10.7. The number of pyridine rings is 1. The average Bonchev–Trinajstić information content (AvgIpc) is 3.40. The Labute approximate surface area is 228 Å². The van der Waals surface area contributed by atoms with E-state index >= 15 is 0 Å². The smallest absolute Gasteiger partial charge is 0.136 e. The van der Waals surface area contributed by atoms with Crippen molar-refractivity contribution in [1.29, 1.82) is 0 Å². The molecule has 3 fully saturated rings. The van der Waals surface area contributed by atoms with E-state index in [0.717, 1.165) is 48.4 Å². The molecule has 2 spiro atoms. The number of halogens is 2. The largest absolute Gasteiger partial charge is 0.388 e. The van der Waals surface area contributed by atoms with Gasteiger partial charge in [0, 0.05) is 23.5 Å². The summed E-state index contributed by atoms with van der Waals surface area (Å²) in [5, 5.41) is 24.8. The molecular formula is C30H34Cl2N2O3. The number of alkyl halides is 1. The zero-order chi connectivity index (χ0) is 26.0. The SMILES string of the molecule is CN(C)C1CC23CCC4(O2)C2CC=C(c5ccc6c(Cl)nccc6c5)C2(C)CCC4(Cl)C=C3C(O)C1O. The molecule has 1 saturated heterocycles. The number of aliphatic hydroxyl groups excluding tert-OH is 2. The Bertz CT molecular complexity index is 1380. The number of allylic oxidation sites excluding steroid dienone is 2. The van der Waals surface area contributed by atoms with Gasteiger partial charge in [0.05, 0.1) is 22.2 Å². The summed E-state index contributed by atoms with van der Waals surface area (Å²) in [5.41, 5.74) is 2.24. The monoisotopic (exact) mass is 540 g/mol. The molecule has 37 heavy (non-hydrogen) atoms. The minimum absolute atomic E-state index is 0.0759. The molecule has 7 rings (SSSR count). The molecule has 196 valence electrons. The van der Waals surface area contributed by atoms with Crippen molar-refractivity contribution in [3.63, 3.8) is 0 Å². The highest BCUT2D eigenvalue weighted by atomic mass is 35.5. The third-order valence-corrected chi connectivity index (χ3v) is 11.6. The molecule has 2 N–H and O–H groups in total. The van der Waals surface area contributed by atoms with Gasteiger partial charge in [-0.2, -0.15) is 0 Å². The summed E-state index contributed by atoms with van der Waals surface area (Å²) in [6, 6.07) is 8.34. The van der Waals surface area contributed by atoms with Crippen molar-refractivity contribution in [1.82, 2.24) is 9.88 Å². The quantitative estimate of drug-likeness (QED) is 0.305. The maximum absolute atomic E-state index is 11.2. The molecule has 2 aromatic rings. The van der Waals surface area contributed by atoms with Crippen LogP contribution in [-0.4, -0.2) is 68.5 Å². The lowest BCUT2D eigenvalue weighted by molar-refractivity contribution is -0.199. The van der Waals surface area contributed by atoms with Gasteiger partial charge >= 0.3 is 0 Å². The van der Waals surface area contributed by atoms with Crippen LogP contribution in [0.3, 0.4) is 0 Å². The van der Waals surface area contributed by atoms with E-state index < -0.39 is 28.3 Å². The molecule has 7 heteroatoms. The molecule has 0 amide bonds. The summed E-state index contributed by atoms with van der Waals surface area (Å²) in [6.07, 6.45) is 9.44. The van der Waals surface area contributed by atoms with Gasteiger partial charge in [-0.3, -0.25) is 0 Å². The van der Waals surface area contributed by atoms with Gasteiger partial charge in [0.2, 0.25) is 0 Å². The standard InChI is InChI=1S/C30H34Cl2N2O3/c1-27-9-11-29(32)15-21-24(35)25(36)22(34(2)3)16-28(21)10-12-30(29,37-28)23(27)7-6-20(27)18-4-5-19-17(14-18)8-13-33-26(19)31/h4-6,8,13-15,22-25,35-36H,7,9-12,16H2,1-3H3. The van der Waals surface area contributed by atoms with E-state index in [4.69, 9.17) is 27.9 Å². The summed E-state index contributed by atoms with van der Waals surface area (Å²) in [4.78, 5) is 5.55. The Morgan fingerprint density at radius 2 is 1.92 bits per heavy atom. The van der Waals surface area contributed by atoms with E-state index in [0.29, 0.717) is 11.6 Å². The second-order valence-electron chi connectivity index (χ2n) is 12.5. The van der Waals surface area contributed by atoms with Crippen molar-refractivity contribution < 1.29 is 14.9 Å². The molecule has 2 bridgehead atoms. The van der Waals surface area contributed by atoms with Crippen molar-refractivity contribution >= 4 is 39.5 Å². The Kier molecular flexibility index (Phi) is 5.18.